The fourth-order valence-corrected chi connectivity index (χ4v) is 6.46. The Balaban J connectivity index is 1.24. The van der Waals surface area contributed by atoms with Crippen molar-refractivity contribution < 1.29 is 28.4 Å². The first-order valence-electron chi connectivity index (χ1n) is 16.1. The lowest BCUT2D eigenvalue weighted by atomic mass is 9.79. The van der Waals surface area contributed by atoms with Crippen LogP contribution in [0.3, 0.4) is 0 Å². The van der Waals surface area contributed by atoms with Gasteiger partial charge in [-0.05, 0) is 62.3 Å². The normalized spacial score (nSPS) is 20.3. The summed E-state index contributed by atoms with van der Waals surface area (Å²) in [7, 11) is 0.775. The van der Waals surface area contributed by atoms with Crippen LogP contribution >= 0.6 is 11.6 Å². The van der Waals surface area contributed by atoms with Crippen molar-refractivity contribution in [2.24, 2.45) is 5.92 Å². The van der Waals surface area contributed by atoms with Crippen LogP contribution in [0.1, 0.15) is 64.5 Å². The van der Waals surface area contributed by atoms with Crippen LogP contribution in [0.15, 0.2) is 48.7 Å². The summed E-state index contributed by atoms with van der Waals surface area (Å²) in [5.74, 6) is -0.0489. The Morgan fingerprint density at radius 1 is 1.02 bits per heavy atom. The van der Waals surface area contributed by atoms with E-state index in [4.69, 9.17) is 30.6 Å². The summed E-state index contributed by atoms with van der Waals surface area (Å²) in [4.78, 5) is 53.3. The molecule has 2 N–H and O–H groups in total. The molecule has 1 aromatic heterocycles. The zero-order valence-electron chi connectivity index (χ0n) is 28.4. The molecule has 2 aromatic carbocycles. The molecule has 4 heterocycles. The average Bonchev–Trinajstić information content (AvgIpc) is 3.83. The van der Waals surface area contributed by atoms with Gasteiger partial charge in [0.2, 0.25) is 5.91 Å². The average molecular weight is 677 g/mol. The maximum atomic E-state index is 14.1. The van der Waals surface area contributed by atoms with E-state index in [1.54, 1.807) is 20.9 Å². The number of amides is 4. The third-order valence-corrected chi connectivity index (χ3v) is 10.1. The van der Waals surface area contributed by atoms with Crippen molar-refractivity contribution in [1.29, 1.82) is 0 Å². The molecule has 0 saturated carbocycles. The Morgan fingerprint density at radius 3 is 2.33 bits per heavy atom. The van der Waals surface area contributed by atoms with Crippen LogP contribution in [0.5, 0.6) is 0 Å². The van der Waals surface area contributed by atoms with Gasteiger partial charge in [-0.15, -0.1) is 0 Å². The summed E-state index contributed by atoms with van der Waals surface area (Å²) in [5.41, 5.74) is 3.60. The zero-order valence-corrected chi connectivity index (χ0v) is 29.1. The van der Waals surface area contributed by atoms with Gasteiger partial charge in [0.25, 0.3) is 0 Å². The molecule has 48 heavy (non-hydrogen) atoms. The van der Waals surface area contributed by atoms with Crippen LogP contribution in [-0.2, 0) is 31.9 Å². The van der Waals surface area contributed by atoms with Crippen molar-refractivity contribution in [3.05, 3.63) is 70.6 Å². The largest absolute Gasteiger partial charge is 0.494 e. The number of carbonyl (C=O) groups excluding carboxylic acids is 3. The molecule has 0 radical (unpaired) electrons. The van der Waals surface area contributed by atoms with E-state index < -0.39 is 36.5 Å². The first kappa shape index (κ1) is 33.8. The second-order valence-corrected chi connectivity index (χ2v) is 14.4. The minimum atomic E-state index is -0.870. The van der Waals surface area contributed by atoms with E-state index in [-0.39, 0.29) is 31.1 Å². The molecule has 3 aliphatic rings. The van der Waals surface area contributed by atoms with E-state index in [0.29, 0.717) is 29.6 Å². The Morgan fingerprint density at radius 2 is 1.69 bits per heavy atom. The zero-order chi connectivity index (χ0) is 34.5. The summed E-state index contributed by atoms with van der Waals surface area (Å²) in [6.07, 6.45) is 1.09. The molecule has 0 bridgehead atoms. The number of ether oxygens (including phenoxy) is 1. The van der Waals surface area contributed by atoms with Gasteiger partial charge in [0.05, 0.1) is 37.2 Å². The number of benzene rings is 2. The second-order valence-electron chi connectivity index (χ2n) is 14.0. The quantitative estimate of drug-likeness (QED) is 0.363. The monoisotopic (exact) mass is 676 g/mol. The van der Waals surface area contributed by atoms with Gasteiger partial charge in [-0.1, -0.05) is 55.8 Å². The van der Waals surface area contributed by atoms with Crippen LogP contribution < -0.4 is 10.8 Å². The smallest absolute Gasteiger partial charge is 0.453 e. The number of carbonyl (C=O) groups is 3. The molecular formula is C34H42BClN6O6. The van der Waals surface area contributed by atoms with E-state index in [2.05, 4.69) is 10.3 Å². The van der Waals surface area contributed by atoms with Crippen LogP contribution in [0.25, 0.3) is 11.3 Å². The van der Waals surface area contributed by atoms with E-state index in [1.807, 2.05) is 84.0 Å². The highest BCUT2D eigenvalue weighted by Gasteiger charge is 2.51. The molecule has 14 heteroatoms. The van der Waals surface area contributed by atoms with Gasteiger partial charge in [-0.25, -0.2) is 14.6 Å². The van der Waals surface area contributed by atoms with Gasteiger partial charge in [-0.2, -0.15) is 0 Å². The molecule has 4 amide bonds. The first-order chi connectivity index (χ1) is 22.7. The van der Waals surface area contributed by atoms with Crippen molar-refractivity contribution >= 4 is 42.2 Å². The van der Waals surface area contributed by atoms with Crippen molar-refractivity contribution in [1.82, 2.24) is 30.0 Å². The highest BCUT2D eigenvalue weighted by molar-refractivity contribution is 6.62. The summed E-state index contributed by atoms with van der Waals surface area (Å²) >= 11 is 6.21. The maximum absolute atomic E-state index is 14.1. The number of aromatic nitrogens is 2. The Kier molecular flexibility index (Phi) is 8.99. The summed E-state index contributed by atoms with van der Waals surface area (Å²) in [6, 6.07) is 11.8. The number of aromatic amines is 1. The lowest BCUT2D eigenvalue weighted by molar-refractivity contribution is -0.135. The first-order valence-corrected chi connectivity index (χ1v) is 16.5. The molecule has 0 spiro atoms. The molecule has 3 aliphatic heterocycles. The molecule has 12 nitrogen and oxygen atoms in total. The minimum absolute atomic E-state index is 0.0286. The van der Waals surface area contributed by atoms with E-state index in [1.165, 1.54) is 7.11 Å². The van der Waals surface area contributed by atoms with Gasteiger partial charge in [0, 0.05) is 29.9 Å². The lowest BCUT2D eigenvalue weighted by Crippen LogP contribution is -2.52. The fourth-order valence-electron chi connectivity index (χ4n) is 6.27. The van der Waals surface area contributed by atoms with Crippen LogP contribution in [-0.4, -0.2) is 87.4 Å². The minimum Gasteiger partial charge on any atom is -0.453 e. The fraction of sp³-hybridized carbons (Fsp3) is 0.471. The van der Waals surface area contributed by atoms with E-state index >= 15 is 0 Å². The molecule has 6 rings (SSSR count). The van der Waals surface area contributed by atoms with E-state index in [9.17, 15) is 14.4 Å². The van der Waals surface area contributed by atoms with Gasteiger partial charge >= 0.3 is 19.2 Å². The summed E-state index contributed by atoms with van der Waals surface area (Å²) in [6.45, 7) is 12.9. The Bertz CT molecular complexity index is 1700. The summed E-state index contributed by atoms with van der Waals surface area (Å²) < 4.78 is 17.2. The van der Waals surface area contributed by atoms with Gasteiger partial charge in [0.1, 0.15) is 17.9 Å². The number of rotatable bonds is 6. The number of hydrogen-bond acceptors (Lipinski definition) is 7. The lowest BCUT2D eigenvalue weighted by Gasteiger charge is -2.32. The van der Waals surface area contributed by atoms with Crippen molar-refractivity contribution in [3.63, 3.8) is 0 Å². The number of hydrogen-bond donors (Lipinski definition) is 2. The number of H-pyrrole nitrogens is 1. The van der Waals surface area contributed by atoms with Gasteiger partial charge in [-0.3, -0.25) is 4.79 Å². The molecule has 0 aliphatic carbocycles. The topological polar surface area (TPSA) is 129 Å². The molecule has 254 valence electrons. The van der Waals surface area contributed by atoms with E-state index in [0.717, 1.165) is 22.2 Å². The number of urea groups is 1. The van der Waals surface area contributed by atoms with Gasteiger partial charge < -0.3 is 39.0 Å². The number of fused-ring (bicyclic) bond motifs is 1. The number of alkyl carbamates (subject to hydrolysis) is 1. The van der Waals surface area contributed by atoms with Crippen molar-refractivity contribution in [3.8, 4) is 11.3 Å². The Hall–Kier alpha value is -4.07. The second kappa shape index (κ2) is 12.8. The van der Waals surface area contributed by atoms with Gasteiger partial charge in [0.15, 0.2) is 0 Å². The number of methoxy groups -OCH3 is 1. The van der Waals surface area contributed by atoms with Crippen LogP contribution in [0.4, 0.5) is 9.59 Å². The third-order valence-electron chi connectivity index (χ3n) is 9.84. The number of nitrogens with one attached hydrogen (secondary N) is 2. The molecule has 2 saturated heterocycles. The molecule has 3 aromatic rings. The SMILES string of the molecule is COC(=O)N[C@H](C(=O)N1CN(C(=O)N2Cc3ccc(Cl)cc3C2)C[C@H]1c1nc(-c2ccc(B3OC(C)(C)C(C)(C)O3)cc2)c[nH]1)C(C)C. The molecule has 0 unspecified atom stereocenters. The number of imidazole rings is 1. The predicted molar refractivity (Wildman–Crippen MR) is 181 cm³/mol. The standard InChI is InChI=1S/C34H42BClN6O6/c1-20(2)28(39-31(44)46-7)30(43)42-19-41(32(45)40-16-22-10-13-25(36)14-23(22)17-40)18-27(42)29-37-15-26(38-29)21-8-11-24(12-9-21)35-47-33(3,4)34(5,6)48-35/h8-15,20,27-28H,16-19H2,1-7H3,(H,37,38)(H,39,44)/t27-,28-/m0/s1. The van der Waals surface area contributed by atoms with Crippen molar-refractivity contribution in [2.75, 3.05) is 20.3 Å². The highest BCUT2D eigenvalue weighted by Crippen LogP contribution is 2.37. The third kappa shape index (κ3) is 6.38. The predicted octanol–water partition coefficient (Wildman–Crippen LogP) is 4.69. The molecule has 2 atom stereocenters. The molecular weight excluding hydrogens is 635 g/mol. The van der Waals surface area contributed by atoms with Crippen LogP contribution in [0, 0.1) is 5.92 Å². The number of nitrogens with zero attached hydrogens (tertiary/aromatic N) is 4. The maximum Gasteiger partial charge on any atom is 0.494 e. The molecule has 2 fully saturated rings. The highest BCUT2D eigenvalue weighted by atomic mass is 35.5. The number of halogens is 1. The summed E-state index contributed by atoms with van der Waals surface area (Å²) in [5, 5.41) is 3.29. The van der Waals surface area contributed by atoms with Crippen molar-refractivity contribution in [2.45, 2.75) is 77.9 Å². The Labute approximate surface area is 286 Å². The van der Waals surface area contributed by atoms with Crippen LogP contribution in [0.2, 0.25) is 5.02 Å².